The minimum absolute atomic E-state index is 0.173. The molecule has 128 valence electrons. The highest BCUT2D eigenvalue weighted by atomic mass is 32.1. The fourth-order valence-corrected chi connectivity index (χ4v) is 3.54. The number of nitrogens with zero attached hydrogens (tertiary/aromatic N) is 1. The van der Waals surface area contributed by atoms with Crippen LogP contribution < -0.4 is 5.32 Å². The largest absolute Gasteiger partial charge is 0.508 e. The Morgan fingerprint density at radius 1 is 1.00 bits per heavy atom. The molecule has 0 saturated carbocycles. The molecule has 0 spiro atoms. The zero-order valence-corrected chi connectivity index (χ0v) is 14.7. The second-order valence-electron chi connectivity index (χ2n) is 6.20. The minimum Gasteiger partial charge on any atom is -0.508 e. The van der Waals surface area contributed by atoms with Gasteiger partial charge in [-0.2, -0.15) is 0 Å². The van der Waals surface area contributed by atoms with Crippen LogP contribution in [0.5, 0.6) is 5.75 Å². The first kappa shape index (κ1) is 16.4. The average molecular weight is 360 g/mol. The number of phenols is 1. The van der Waals surface area contributed by atoms with Crippen molar-refractivity contribution in [2.45, 2.75) is 6.42 Å². The smallest absolute Gasteiger partial charge is 0.235 e. The molecule has 0 aliphatic carbocycles. The maximum atomic E-state index is 12.7. The van der Waals surface area contributed by atoms with Crippen molar-refractivity contribution in [3.8, 4) is 5.75 Å². The summed E-state index contributed by atoms with van der Waals surface area (Å²) in [5.41, 5.74) is 2.22. The summed E-state index contributed by atoms with van der Waals surface area (Å²) in [4.78, 5) is 17.1. The van der Waals surface area contributed by atoms with Gasteiger partial charge in [-0.1, -0.05) is 60.7 Å². The maximum Gasteiger partial charge on any atom is 0.235 e. The van der Waals surface area contributed by atoms with Crippen molar-refractivity contribution in [1.82, 2.24) is 5.32 Å². The third kappa shape index (κ3) is 2.97. The molecule has 3 aromatic carbocycles. The van der Waals surface area contributed by atoms with Gasteiger partial charge in [0.25, 0.3) is 0 Å². The second-order valence-corrected chi connectivity index (χ2v) is 6.59. The Kier molecular flexibility index (Phi) is 4.22. The van der Waals surface area contributed by atoms with E-state index in [0.717, 1.165) is 21.9 Å². The number of amides is 1. The number of rotatable bonds is 3. The minimum atomic E-state index is -0.527. The summed E-state index contributed by atoms with van der Waals surface area (Å²) in [5.74, 6) is -0.547. The summed E-state index contributed by atoms with van der Waals surface area (Å²) in [6.07, 6.45) is 0.343. The van der Waals surface area contributed by atoms with Gasteiger partial charge in [0.05, 0.1) is 11.6 Å². The first-order valence-corrected chi connectivity index (χ1v) is 8.73. The Morgan fingerprint density at radius 2 is 1.73 bits per heavy atom. The number of phenolic OH excluding ortho intramolecular Hbond substituents is 1. The molecular weight excluding hydrogens is 344 g/mol. The molecule has 4 rings (SSSR count). The highest BCUT2D eigenvalue weighted by molar-refractivity contribution is 7.80. The highest BCUT2D eigenvalue weighted by Gasteiger charge is 2.31. The Bertz CT molecular complexity index is 1040. The van der Waals surface area contributed by atoms with E-state index in [4.69, 9.17) is 12.2 Å². The molecule has 0 fully saturated rings. The van der Waals surface area contributed by atoms with Gasteiger partial charge in [0, 0.05) is 5.56 Å². The number of hydrogen-bond donors (Lipinski definition) is 2. The lowest BCUT2D eigenvalue weighted by molar-refractivity contribution is -0.121. The quantitative estimate of drug-likeness (QED) is 0.702. The molecule has 2 N–H and O–H groups in total. The third-order valence-corrected chi connectivity index (χ3v) is 4.79. The van der Waals surface area contributed by atoms with Gasteiger partial charge in [-0.05, 0) is 41.0 Å². The van der Waals surface area contributed by atoms with Crippen LogP contribution in [0.3, 0.4) is 0 Å². The van der Waals surface area contributed by atoms with E-state index in [2.05, 4.69) is 10.3 Å². The van der Waals surface area contributed by atoms with E-state index in [-0.39, 0.29) is 16.8 Å². The maximum absolute atomic E-state index is 12.7. The number of aliphatic imine (C=N–C) groups is 1. The third-order valence-electron chi connectivity index (χ3n) is 4.59. The normalized spacial score (nSPS) is 17.1. The van der Waals surface area contributed by atoms with Gasteiger partial charge in [-0.15, -0.1) is 0 Å². The van der Waals surface area contributed by atoms with Crippen LogP contribution in [0, 0.1) is 5.92 Å². The van der Waals surface area contributed by atoms with E-state index in [1.807, 2.05) is 60.7 Å². The lowest BCUT2D eigenvalue weighted by Crippen LogP contribution is -2.44. The number of carbonyl (C=O) groups is 1. The molecule has 1 aliphatic rings. The van der Waals surface area contributed by atoms with Gasteiger partial charge >= 0.3 is 0 Å². The molecule has 3 aromatic rings. The van der Waals surface area contributed by atoms with Gasteiger partial charge in [0.15, 0.2) is 5.11 Å². The average Bonchev–Trinajstić information content (AvgIpc) is 2.66. The molecule has 0 saturated heterocycles. The summed E-state index contributed by atoms with van der Waals surface area (Å²) in [7, 11) is 0. The summed E-state index contributed by atoms with van der Waals surface area (Å²) in [5, 5.41) is 15.2. The molecule has 1 amide bonds. The van der Waals surface area contributed by atoms with Gasteiger partial charge < -0.3 is 10.4 Å². The molecule has 0 radical (unpaired) electrons. The Balaban J connectivity index is 1.81. The summed E-state index contributed by atoms with van der Waals surface area (Å²) in [6.45, 7) is 0. The first-order valence-electron chi connectivity index (χ1n) is 8.32. The lowest BCUT2D eigenvalue weighted by atomic mass is 9.86. The number of carbonyl (C=O) groups excluding carboxylic acids is 1. The van der Waals surface area contributed by atoms with Gasteiger partial charge in [-0.3, -0.25) is 4.79 Å². The van der Waals surface area contributed by atoms with Crippen LogP contribution in [0.25, 0.3) is 10.8 Å². The number of nitrogens with one attached hydrogen (secondary N) is 1. The molecule has 1 atom stereocenters. The van der Waals surface area contributed by atoms with E-state index in [0.29, 0.717) is 12.1 Å². The monoisotopic (exact) mass is 360 g/mol. The Labute approximate surface area is 156 Å². The van der Waals surface area contributed by atoms with Crippen molar-refractivity contribution in [2.75, 3.05) is 0 Å². The molecule has 26 heavy (non-hydrogen) atoms. The summed E-state index contributed by atoms with van der Waals surface area (Å²) < 4.78 is 0. The van der Waals surface area contributed by atoms with Crippen LogP contribution in [-0.2, 0) is 11.2 Å². The van der Waals surface area contributed by atoms with E-state index < -0.39 is 5.92 Å². The number of thiocarbonyl (C=S) groups is 1. The zero-order valence-electron chi connectivity index (χ0n) is 13.8. The number of fused-ring (bicyclic) bond motifs is 1. The number of aromatic hydroxyl groups is 1. The van der Waals surface area contributed by atoms with E-state index in [1.165, 1.54) is 0 Å². The molecule has 0 bridgehead atoms. The van der Waals surface area contributed by atoms with Gasteiger partial charge in [-0.25, -0.2) is 4.99 Å². The van der Waals surface area contributed by atoms with Crippen LogP contribution in [0.2, 0.25) is 0 Å². The molecular formula is C21H16N2O2S. The molecule has 4 nitrogen and oxygen atoms in total. The number of benzene rings is 3. The fourth-order valence-electron chi connectivity index (χ4n) is 3.34. The topological polar surface area (TPSA) is 61.7 Å². The second kappa shape index (κ2) is 6.69. The van der Waals surface area contributed by atoms with Crippen LogP contribution in [0.1, 0.15) is 11.1 Å². The van der Waals surface area contributed by atoms with Crippen LogP contribution in [-0.4, -0.2) is 21.8 Å². The number of hydrogen-bond acceptors (Lipinski definition) is 3. The van der Waals surface area contributed by atoms with Gasteiger partial charge in [0.2, 0.25) is 5.91 Å². The summed E-state index contributed by atoms with van der Waals surface area (Å²) in [6, 6.07) is 20.9. The molecule has 1 aliphatic heterocycles. The predicted octanol–water partition coefficient (Wildman–Crippen LogP) is 3.61. The van der Waals surface area contributed by atoms with Crippen LogP contribution >= 0.6 is 12.2 Å². The van der Waals surface area contributed by atoms with Gasteiger partial charge in [0.1, 0.15) is 5.75 Å². The van der Waals surface area contributed by atoms with Crippen molar-refractivity contribution in [1.29, 1.82) is 0 Å². The molecule has 5 heteroatoms. The van der Waals surface area contributed by atoms with Crippen LogP contribution in [0.4, 0.5) is 0 Å². The Morgan fingerprint density at radius 3 is 2.54 bits per heavy atom. The van der Waals surface area contributed by atoms with E-state index in [1.54, 1.807) is 6.07 Å². The van der Waals surface area contributed by atoms with Crippen molar-refractivity contribution >= 4 is 39.7 Å². The predicted molar refractivity (Wildman–Crippen MR) is 107 cm³/mol. The lowest BCUT2D eigenvalue weighted by Gasteiger charge is -2.24. The molecule has 0 aromatic heterocycles. The van der Waals surface area contributed by atoms with Crippen molar-refractivity contribution in [3.05, 3.63) is 77.9 Å². The van der Waals surface area contributed by atoms with Crippen molar-refractivity contribution in [2.24, 2.45) is 10.9 Å². The molecule has 1 heterocycles. The Hall–Kier alpha value is -3.05. The highest BCUT2D eigenvalue weighted by Crippen LogP contribution is 2.31. The van der Waals surface area contributed by atoms with Crippen LogP contribution in [0.15, 0.2) is 71.7 Å². The standard InChI is InChI=1S/C21H16N2O2S/c24-18-11-10-13-6-4-5-9-15(13)16(18)12-17-19(14-7-2-1-3-8-14)22-21(26)23-20(17)25/h1-11,17,24H,12H2,(H,23,25,26). The van der Waals surface area contributed by atoms with Crippen molar-refractivity contribution < 1.29 is 9.90 Å². The van der Waals surface area contributed by atoms with E-state index in [9.17, 15) is 9.90 Å². The summed E-state index contributed by atoms with van der Waals surface area (Å²) >= 11 is 5.11. The molecule has 1 unspecified atom stereocenters. The van der Waals surface area contributed by atoms with E-state index >= 15 is 0 Å². The zero-order chi connectivity index (χ0) is 18.1. The van der Waals surface area contributed by atoms with Crippen molar-refractivity contribution in [3.63, 3.8) is 0 Å². The first-order chi connectivity index (χ1) is 12.6. The fraction of sp³-hybridized carbons (Fsp3) is 0.0952. The SMILES string of the molecule is O=C1NC(=S)N=C(c2ccccc2)C1Cc1c(O)ccc2ccccc12.